The number of hydrogen-bond donors (Lipinski definition) is 1. The molecule has 2 aliphatic rings. The van der Waals surface area contributed by atoms with Crippen molar-refractivity contribution in [1.82, 2.24) is 5.01 Å². The van der Waals surface area contributed by atoms with E-state index >= 15 is 0 Å². The van der Waals surface area contributed by atoms with Crippen LogP contribution in [0.25, 0.3) is 0 Å². The van der Waals surface area contributed by atoms with Crippen molar-refractivity contribution in [3.05, 3.63) is 94.8 Å². The lowest BCUT2D eigenvalue weighted by molar-refractivity contribution is -0.121. The SMILES string of the molecule is COc1ccccc1NC(=O)C[C@@H]1SC(N2N=C(c3ccc(F)cc3)C[C@@H]2c2ccc(Cl)cc2)=NC1=O. The van der Waals surface area contributed by atoms with Gasteiger partial charge in [0.15, 0.2) is 5.17 Å². The number of amidine groups is 1. The third kappa shape index (κ3) is 5.52. The highest BCUT2D eigenvalue weighted by molar-refractivity contribution is 8.15. The third-order valence-electron chi connectivity index (χ3n) is 6.02. The van der Waals surface area contributed by atoms with Crippen molar-refractivity contribution in [3.8, 4) is 5.75 Å². The van der Waals surface area contributed by atoms with E-state index in [-0.39, 0.29) is 24.2 Å². The Bertz CT molecular complexity index is 1400. The number of halogens is 2. The smallest absolute Gasteiger partial charge is 0.262 e. The lowest BCUT2D eigenvalue weighted by Gasteiger charge is -2.23. The largest absolute Gasteiger partial charge is 0.495 e. The first-order valence-corrected chi connectivity index (χ1v) is 12.8. The first kappa shape index (κ1) is 25.0. The minimum absolute atomic E-state index is 0.0530. The Hall–Kier alpha value is -3.69. The van der Waals surface area contributed by atoms with Crippen LogP contribution < -0.4 is 10.1 Å². The van der Waals surface area contributed by atoms with Gasteiger partial charge in [-0.2, -0.15) is 10.1 Å². The molecule has 1 N–H and O–H groups in total. The number of para-hydroxylation sites is 2. The van der Waals surface area contributed by atoms with Crippen molar-refractivity contribution in [2.24, 2.45) is 10.1 Å². The van der Waals surface area contributed by atoms with E-state index in [9.17, 15) is 14.0 Å². The zero-order valence-corrected chi connectivity index (χ0v) is 21.3. The Kier molecular flexibility index (Phi) is 7.25. The van der Waals surface area contributed by atoms with Crippen LogP contribution in [0.1, 0.15) is 30.0 Å². The van der Waals surface area contributed by atoms with Crippen LogP contribution in [-0.4, -0.2) is 40.1 Å². The van der Waals surface area contributed by atoms with Crippen molar-refractivity contribution in [3.63, 3.8) is 0 Å². The summed E-state index contributed by atoms with van der Waals surface area (Å²) < 4.78 is 18.8. The summed E-state index contributed by atoms with van der Waals surface area (Å²) in [7, 11) is 1.52. The number of nitrogens with zero attached hydrogens (tertiary/aromatic N) is 3. The van der Waals surface area contributed by atoms with Crippen LogP contribution in [0.2, 0.25) is 5.02 Å². The van der Waals surface area contributed by atoms with Gasteiger partial charge in [-0.25, -0.2) is 9.40 Å². The van der Waals surface area contributed by atoms with Gasteiger partial charge in [-0.1, -0.05) is 59.8 Å². The molecule has 2 heterocycles. The molecule has 0 fully saturated rings. The number of ether oxygens (including phenoxy) is 1. The molecular formula is C27H22ClFN4O3S. The summed E-state index contributed by atoms with van der Waals surface area (Å²) in [4.78, 5) is 29.8. The standard InChI is InChI=1S/C27H22ClFN4O3S/c1-36-23-5-3-2-4-20(23)30-25(34)15-24-26(35)31-27(37-24)33-22(17-6-10-18(28)11-7-17)14-21(32-33)16-8-12-19(29)13-9-16/h2-13,22,24H,14-15H2,1H3,(H,30,34)/t22-,24+/m1/s1. The normalized spacial score (nSPS) is 19.0. The number of hydrazone groups is 1. The number of thioether (sulfide) groups is 1. The van der Waals surface area contributed by atoms with E-state index in [1.54, 1.807) is 53.5 Å². The molecule has 0 aromatic heterocycles. The van der Waals surface area contributed by atoms with Gasteiger partial charge in [0.25, 0.3) is 5.91 Å². The number of rotatable bonds is 6. The second-order valence-corrected chi connectivity index (χ2v) is 10.1. The number of nitrogens with one attached hydrogen (secondary N) is 1. The molecule has 10 heteroatoms. The number of carbonyl (C=O) groups excluding carboxylic acids is 2. The summed E-state index contributed by atoms with van der Waals surface area (Å²) in [5.74, 6) is -0.513. The van der Waals surface area contributed by atoms with Gasteiger partial charge >= 0.3 is 0 Å². The Balaban J connectivity index is 1.35. The zero-order chi connectivity index (χ0) is 25.9. The second-order valence-electron chi connectivity index (χ2n) is 8.46. The van der Waals surface area contributed by atoms with Gasteiger partial charge in [-0.15, -0.1) is 0 Å². The Morgan fingerprint density at radius 3 is 2.59 bits per heavy atom. The number of carbonyl (C=O) groups is 2. The average molecular weight is 537 g/mol. The summed E-state index contributed by atoms with van der Waals surface area (Å²) >= 11 is 7.30. The minimum atomic E-state index is -0.680. The molecule has 2 amide bonds. The van der Waals surface area contributed by atoms with Crippen LogP contribution in [0.15, 0.2) is 82.9 Å². The summed E-state index contributed by atoms with van der Waals surface area (Å²) in [5.41, 5.74) is 3.00. The quantitative estimate of drug-likeness (QED) is 0.439. The van der Waals surface area contributed by atoms with E-state index in [4.69, 9.17) is 21.4 Å². The molecule has 5 rings (SSSR count). The maximum absolute atomic E-state index is 13.5. The summed E-state index contributed by atoms with van der Waals surface area (Å²) in [6.45, 7) is 0. The van der Waals surface area contributed by atoms with Crippen LogP contribution in [0.3, 0.4) is 0 Å². The van der Waals surface area contributed by atoms with Crippen LogP contribution >= 0.6 is 23.4 Å². The molecule has 3 aromatic carbocycles. The van der Waals surface area contributed by atoms with E-state index in [0.717, 1.165) is 16.8 Å². The first-order valence-electron chi connectivity index (χ1n) is 11.5. The van der Waals surface area contributed by atoms with E-state index < -0.39 is 11.2 Å². The number of anilines is 1. The molecule has 0 unspecified atom stereocenters. The molecule has 0 spiro atoms. The molecule has 0 saturated carbocycles. The van der Waals surface area contributed by atoms with Gasteiger partial charge in [0.2, 0.25) is 5.91 Å². The number of benzene rings is 3. The number of amides is 2. The maximum Gasteiger partial charge on any atom is 0.262 e. The highest BCUT2D eigenvalue weighted by Gasteiger charge is 2.39. The van der Waals surface area contributed by atoms with Gasteiger partial charge in [0, 0.05) is 17.9 Å². The number of methoxy groups -OCH3 is 1. The van der Waals surface area contributed by atoms with Crippen molar-refractivity contribution in [2.75, 3.05) is 12.4 Å². The van der Waals surface area contributed by atoms with E-state index in [2.05, 4.69) is 10.3 Å². The molecule has 0 saturated heterocycles. The summed E-state index contributed by atoms with van der Waals surface area (Å²) in [6, 6.07) is 20.4. The zero-order valence-electron chi connectivity index (χ0n) is 19.7. The third-order valence-corrected chi connectivity index (χ3v) is 7.41. The predicted octanol–water partition coefficient (Wildman–Crippen LogP) is 5.67. The van der Waals surface area contributed by atoms with Crippen molar-refractivity contribution in [2.45, 2.75) is 24.1 Å². The van der Waals surface area contributed by atoms with Crippen LogP contribution in [-0.2, 0) is 9.59 Å². The average Bonchev–Trinajstić information content (AvgIpc) is 3.49. The molecule has 37 heavy (non-hydrogen) atoms. The molecular weight excluding hydrogens is 515 g/mol. The van der Waals surface area contributed by atoms with Gasteiger partial charge < -0.3 is 10.1 Å². The summed E-state index contributed by atoms with van der Waals surface area (Å²) in [6.07, 6.45) is 0.475. The van der Waals surface area contributed by atoms with E-state index in [1.165, 1.54) is 31.0 Å². The second kappa shape index (κ2) is 10.7. The predicted molar refractivity (Wildman–Crippen MR) is 144 cm³/mol. The molecule has 0 bridgehead atoms. The van der Waals surface area contributed by atoms with Gasteiger partial charge in [0.05, 0.1) is 24.6 Å². The lowest BCUT2D eigenvalue weighted by atomic mass is 9.99. The molecule has 2 atom stereocenters. The fourth-order valence-corrected chi connectivity index (χ4v) is 5.36. The topological polar surface area (TPSA) is 83.4 Å². The van der Waals surface area contributed by atoms with Crippen LogP contribution in [0, 0.1) is 5.82 Å². The van der Waals surface area contributed by atoms with Crippen LogP contribution in [0.5, 0.6) is 5.75 Å². The van der Waals surface area contributed by atoms with Gasteiger partial charge in [0.1, 0.15) is 16.8 Å². The monoisotopic (exact) mass is 536 g/mol. The van der Waals surface area contributed by atoms with E-state index in [0.29, 0.717) is 28.0 Å². The molecule has 2 aliphatic heterocycles. The Morgan fingerprint density at radius 2 is 1.86 bits per heavy atom. The molecule has 0 radical (unpaired) electrons. The van der Waals surface area contributed by atoms with Crippen LogP contribution in [0.4, 0.5) is 10.1 Å². The van der Waals surface area contributed by atoms with Crippen molar-refractivity contribution >= 4 is 51.7 Å². The first-order chi connectivity index (χ1) is 17.9. The minimum Gasteiger partial charge on any atom is -0.495 e. The summed E-state index contributed by atoms with van der Waals surface area (Å²) in [5, 5.41) is 9.62. The van der Waals surface area contributed by atoms with Gasteiger partial charge in [-0.3, -0.25) is 9.59 Å². The maximum atomic E-state index is 13.5. The number of aliphatic imine (C=N–C) groups is 1. The fourth-order valence-electron chi connectivity index (χ4n) is 4.17. The lowest BCUT2D eigenvalue weighted by Crippen LogP contribution is -2.25. The van der Waals surface area contributed by atoms with Crippen molar-refractivity contribution < 1.29 is 18.7 Å². The fraction of sp³-hybridized carbons (Fsp3) is 0.185. The highest BCUT2D eigenvalue weighted by Crippen LogP contribution is 2.39. The van der Waals surface area contributed by atoms with E-state index in [1.807, 2.05) is 12.1 Å². The Morgan fingerprint density at radius 1 is 1.14 bits per heavy atom. The molecule has 0 aliphatic carbocycles. The highest BCUT2D eigenvalue weighted by atomic mass is 35.5. The molecule has 7 nitrogen and oxygen atoms in total. The van der Waals surface area contributed by atoms with Crippen molar-refractivity contribution in [1.29, 1.82) is 0 Å². The number of hydrogen-bond acceptors (Lipinski definition) is 6. The Labute approximate surface area is 222 Å². The molecule has 3 aromatic rings. The molecule has 188 valence electrons. The van der Waals surface area contributed by atoms with Gasteiger partial charge in [-0.05, 0) is 47.5 Å².